The largest absolute Gasteiger partial charge is 0.348 e. The summed E-state index contributed by atoms with van der Waals surface area (Å²) < 4.78 is 27.4. The van der Waals surface area contributed by atoms with Crippen molar-refractivity contribution in [3.8, 4) is 5.69 Å². The lowest BCUT2D eigenvalue weighted by atomic mass is 10.1. The van der Waals surface area contributed by atoms with Crippen LogP contribution in [0.3, 0.4) is 0 Å². The van der Waals surface area contributed by atoms with Gasteiger partial charge < -0.3 is 5.32 Å². The Kier molecular flexibility index (Phi) is 4.63. The summed E-state index contributed by atoms with van der Waals surface area (Å²) in [6.07, 6.45) is 1.29. The number of anilines is 1. The van der Waals surface area contributed by atoms with E-state index in [9.17, 15) is 18.4 Å². The van der Waals surface area contributed by atoms with Crippen molar-refractivity contribution in [2.24, 2.45) is 0 Å². The van der Waals surface area contributed by atoms with Crippen molar-refractivity contribution in [1.29, 1.82) is 0 Å². The van der Waals surface area contributed by atoms with Crippen LogP contribution >= 0.6 is 0 Å². The van der Waals surface area contributed by atoms with Crippen molar-refractivity contribution in [3.05, 3.63) is 92.8 Å². The van der Waals surface area contributed by atoms with Gasteiger partial charge in [0.05, 0.1) is 11.7 Å². The number of halogens is 2. The van der Waals surface area contributed by atoms with Crippen molar-refractivity contribution in [2.45, 2.75) is 13.0 Å². The summed E-state index contributed by atoms with van der Waals surface area (Å²) in [5.41, 5.74) is -0.441. The molecule has 146 valence electrons. The van der Waals surface area contributed by atoms with Crippen molar-refractivity contribution in [1.82, 2.24) is 19.5 Å². The Morgan fingerprint density at radius 3 is 2.55 bits per heavy atom. The molecule has 0 aliphatic carbocycles. The van der Waals surface area contributed by atoms with E-state index in [0.29, 0.717) is 0 Å². The van der Waals surface area contributed by atoms with Crippen molar-refractivity contribution >= 4 is 17.0 Å². The molecule has 1 atom stereocenters. The molecule has 29 heavy (non-hydrogen) atoms. The molecular weight excluding hydrogens is 380 g/mol. The van der Waals surface area contributed by atoms with Crippen LogP contribution in [0.4, 0.5) is 14.7 Å². The Balaban J connectivity index is 1.72. The van der Waals surface area contributed by atoms with Gasteiger partial charge in [-0.25, -0.2) is 23.1 Å². The number of hydrogen-bond donors (Lipinski definition) is 2. The smallest absolute Gasteiger partial charge is 0.334 e. The van der Waals surface area contributed by atoms with Gasteiger partial charge in [-0.3, -0.25) is 9.78 Å². The van der Waals surface area contributed by atoms with Crippen molar-refractivity contribution in [3.63, 3.8) is 0 Å². The Hall–Kier alpha value is -3.88. The fourth-order valence-electron chi connectivity index (χ4n) is 2.95. The highest BCUT2D eigenvalue weighted by Crippen LogP contribution is 2.18. The van der Waals surface area contributed by atoms with Crippen LogP contribution in [-0.4, -0.2) is 19.5 Å². The summed E-state index contributed by atoms with van der Waals surface area (Å²) in [6, 6.07) is 10.9. The summed E-state index contributed by atoms with van der Waals surface area (Å²) in [7, 11) is 0. The quantitative estimate of drug-likeness (QED) is 0.554. The van der Waals surface area contributed by atoms with Gasteiger partial charge in [0.25, 0.3) is 5.56 Å². The first-order chi connectivity index (χ1) is 13.9. The zero-order valence-electron chi connectivity index (χ0n) is 15.2. The maximum atomic E-state index is 13.5. The lowest BCUT2D eigenvalue weighted by Gasteiger charge is -2.14. The number of fused-ring (bicyclic) bond motifs is 1. The predicted octanol–water partition coefficient (Wildman–Crippen LogP) is 2.92. The van der Waals surface area contributed by atoms with Crippen LogP contribution in [0.5, 0.6) is 0 Å². The molecular formula is C20H15F2N5O2. The molecule has 2 N–H and O–H groups in total. The summed E-state index contributed by atoms with van der Waals surface area (Å²) in [4.78, 5) is 36.0. The van der Waals surface area contributed by atoms with Crippen LogP contribution in [0.15, 0.2) is 64.3 Å². The Bertz CT molecular complexity index is 1320. The second-order valence-electron chi connectivity index (χ2n) is 6.42. The van der Waals surface area contributed by atoms with Crippen LogP contribution in [0.2, 0.25) is 0 Å². The van der Waals surface area contributed by atoms with E-state index in [1.54, 1.807) is 12.1 Å². The third-order valence-electron chi connectivity index (χ3n) is 4.43. The molecule has 0 amide bonds. The molecule has 7 nitrogen and oxygen atoms in total. The fourth-order valence-corrected chi connectivity index (χ4v) is 2.95. The molecule has 0 aliphatic rings. The monoisotopic (exact) mass is 395 g/mol. The maximum Gasteiger partial charge on any atom is 0.334 e. The minimum Gasteiger partial charge on any atom is -0.348 e. The number of rotatable bonds is 4. The Morgan fingerprint density at radius 2 is 1.83 bits per heavy atom. The first-order valence-electron chi connectivity index (χ1n) is 8.72. The van der Waals surface area contributed by atoms with E-state index in [4.69, 9.17) is 0 Å². The third kappa shape index (κ3) is 3.62. The molecule has 0 saturated heterocycles. The van der Waals surface area contributed by atoms with Gasteiger partial charge in [-0.1, -0.05) is 18.2 Å². The lowest BCUT2D eigenvalue weighted by Crippen LogP contribution is -2.34. The normalized spacial score (nSPS) is 12.1. The average molecular weight is 395 g/mol. The molecule has 0 fully saturated rings. The first-order valence-corrected chi connectivity index (χ1v) is 8.72. The van der Waals surface area contributed by atoms with Gasteiger partial charge in [0.15, 0.2) is 5.65 Å². The van der Waals surface area contributed by atoms with Gasteiger partial charge in [-0.05, 0) is 42.8 Å². The van der Waals surface area contributed by atoms with E-state index in [1.165, 1.54) is 36.5 Å². The van der Waals surface area contributed by atoms with Gasteiger partial charge in [0.1, 0.15) is 17.0 Å². The molecule has 2 heterocycles. The summed E-state index contributed by atoms with van der Waals surface area (Å²) in [5.74, 6) is -0.720. The molecule has 2 aromatic carbocycles. The molecule has 0 saturated carbocycles. The van der Waals surface area contributed by atoms with E-state index >= 15 is 0 Å². The highest BCUT2D eigenvalue weighted by atomic mass is 19.1. The van der Waals surface area contributed by atoms with Gasteiger partial charge >= 0.3 is 5.69 Å². The zero-order chi connectivity index (χ0) is 20.5. The number of aromatic amines is 1. The van der Waals surface area contributed by atoms with Gasteiger partial charge in [0, 0.05) is 6.20 Å². The third-order valence-corrected chi connectivity index (χ3v) is 4.43. The fraction of sp³-hybridized carbons (Fsp3) is 0.100. The van der Waals surface area contributed by atoms with Crippen LogP contribution < -0.4 is 16.6 Å². The molecule has 0 bridgehead atoms. The lowest BCUT2D eigenvalue weighted by molar-refractivity contribution is 0.625. The number of nitrogens with one attached hydrogen (secondary N) is 2. The van der Waals surface area contributed by atoms with Crippen molar-refractivity contribution < 1.29 is 8.78 Å². The van der Waals surface area contributed by atoms with Crippen LogP contribution in [0.25, 0.3) is 16.7 Å². The topological polar surface area (TPSA) is 92.7 Å². The first kappa shape index (κ1) is 18.5. The summed E-state index contributed by atoms with van der Waals surface area (Å²) >= 11 is 0. The molecule has 4 rings (SSSR count). The molecule has 0 radical (unpaired) electrons. The number of nitrogens with zero attached hydrogens (tertiary/aromatic N) is 3. The maximum absolute atomic E-state index is 13.5. The van der Waals surface area contributed by atoms with E-state index in [-0.39, 0.29) is 34.5 Å². The minimum absolute atomic E-state index is 0.0523. The SMILES string of the molecule is C[C@H](Nc1ncc2c(=O)n(-c3cccc(F)c3)c(=O)[nH]c2n1)c1ccc(F)cc1. The number of H-pyrrole nitrogens is 1. The van der Waals surface area contributed by atoms with Gasteiger partial charge in [-0.2, -0.15) is 4.98 Å². The standard InChI is InChI=1S/C20H15F2N5O2/c1-11(12-5-7-13(21)8-6-12)24-19-23-10-16-17(25-19)26-20(29)27(18(16)28)15-4-2-3-14(22)9-15/h2-11H,1H3,(H2,23,24,25,26,29)/t11-/m0/s1. The van der Waals surface area contributed by atoms with Crippen LogP contribution in [0, 0.1) is 11.6 Å². The van der Waals surface area contributed by atoms with Gasteiger partial charge in [-0.15, -0.1) is 0 Å². The molecule has 4 aromatic rings. The average Bonchev–Trinajstić information content (AvgIpc) is 2.68. The zero-order valence-corrected chi connectivity index (χ0v) is 15.2. The van der Waals surface area contributed by atoms with E-state index < -0.39 is 17.1 Å². The van der Waals surface area contributed by atoms with E-state index in [2.05, 4.69) is 20.3 Å². The molecule has 9 heteroatoms. The predicted molar refractivity (Wildman–Crippen MR) is 104 cm³/mol. The minimum atomic E-state index is -0.746. The number of hydrogen-bond acceptors (Lipinski definition) is 5. The van der Waals surface area contributed by atoms with E-state index in [1.807, 2.05) is 6.92 Å². The van der Waals surface area contributed by atoms with Crippen molar-refractivity contribution in [2.75, 3.05) is 5.32 Å². The van der Waals surface area contributed by atoms with Crippen LogP contribution in [0.1, 0.15) is 18.5 Å². The molecule has 0 aliphatic heterocycles. The molecule has 0 unspecified atom stereocenters. The van der Waals surface area contributed by atoms with Crippen LogP contribution in [-0.2, 0) is 0 Å². The second kappa shape index (κ2) is 7.27. The van der Waals surface area contributed by atoms with E-state index in [0.717, 1.165) is 16.2 Å². The Morgan fingerprint density at radius 1 is 1.07 bits per heavy atom. The highest BCUT2D eigenvalue weighted by molar-refractivity contribution is 5.73. The molecule has 2 aromatic heterocycles. The number of aromatic nitrogens is 4. The summed E-state index contributed by atoms with van der Waals surface area (Å²) in [6.45, 7) is 1.84. The highest BCUT2D eigenvalue weighted by Gasteiger charge is 2.13. The van der Waals surface area contributed by atoms with Gasteiger partial charge in [0.2, 0.25) is 5.95 Å². The Labute approximate surface area is 162 Å². The number of benzene rings is 2. The summed E-state index contributed by atoms with van der Waals surface area (Å²) in [5, 5.41) is 3.11. The second-order valence-corrected chi connectivity index (χ2v) is 6.42. The molecule has 0 spiro atoms.